The molecule has 0 saturated carbocycles. The third kappa shape index (κ3) is 5.18. The fraction of sp³-hybridized carbons (Fsp3) is 0.167. The number of hydrogen-bond acceptors (Lipinski definition) is 6. The summed E-state index contributed by atoms with van der Waals surface area (Å²) in [6.45, 7) is 3.42. The maximum Gasteiger partial charge on any atom is 0.336 e. The Labute approximate surface area is 148 Å². The van der Waals surface area contributed by atoms with E-state index in [1.165, 1.54) is 12.1 Å². The minimum Gasteiger partial charge on any atom is -0.275 e. The van der Waals surface area contributed by atoms with Gasteiger partial charge in [0.1, 0.15) is 5.15 Å². The van der Waals surface area contributed by atoms with Crippen LogP contribution < -0.4 is 14.8 Å². The quantitative estimate of drug-likeness (QED) is 0.687. The lowest BCUT2D eigenvalue weighted by molar-refractivity contribution is 0.256. The first-order valence-electron chi connectivity index (χ1n) is 6.40. The van der Waals surface area contributed by atoms with Crippen LogP contribution in [-0.2, 0) is 10.2 Å². The Bertz CT molecular complexity index is 870. The number of carbonyl (C=O) groups is 1. The second-order valence-corrected chi connectivity index (χ2v) is 6.81. The van der Waals surface area contributed by atoms with Gasteiger partial charge in [0, 0.05) is 11.4 Å². The lowest BCUT2D eigenvalue weighted by Crippen LogP contribution is -2.38. The number of nitrogens with zero attached hydrogens (tertiary/aromatic N) is 3. The number of urea groups is 1. The van der Waals surface area contributed by atoms with Gasteiger partial charge < -0.3 is 0 Å². The molecular weight excluding hydrogens is 379 g/mol. The number of hydrogen-bond donors (Lipinski definition) is 3. The zero-order valence-electron chi connectivity index (χ0n) is 12.5. The Morgan fingerprint density at radius 1 is 1.08 bits per heavy atom. The Hall–Kier alpha value is -2.17. The Balaban J connectivity index is 2.08. The van der Waals surface area contributed by atoms with E-state index in [1.807, 2.05) is 4.72 Å². The van der Waals surface area contributed by atoms with E-state index in [4.69, 9.17) is 23.2 Å². The molecule has 2 rings (SSSR count). The number of rotatable bonds is 4. The molecule has 24 heavy (non-hydrogen) atoms. The molecule has 128 valence electrons. The minimum absolute atomic E-state index is 0.0165. The van der Waals surface area contributed by atoms with Crippen LogP contribution >= 0.6 is 23.2 Å². The smallest absolute Gasteiger partial charge is 0.275 e. The molecule has 0 unspecified atom stereocenters. The molecule has 0 aliphatic heterocycles. The molecule has 12 heteroatoms. The second kappa shape index (κ2) is 7.16. The molecule has 0 aliphatic rings. The van der Waals surface area contributed by atoms with Crippen molar-refractivity contribution in [2.75, 3.05) is 10.0 Å². The first-order valence-corrected chi connectivity index (χ1v) is 8.64. The number of carbonyl (C=O) groups excluding carboxylic acids is 1. The van der Waals surface area contributed by atoms with E-state index in [0.717, 1.165) is 0 Å². The van der Waals surface area contributed by atoms with Gasteiger partial charge in [0.25, 0.3) is 0 Å². The highest BCUT2D eigenvalue weighted by Crippen LogP contribution is 2.22. The van der Waals surface area contributed by atoms with Gasteiger partial charge in [-0.05, 0) is 32.0 Å². The van der Waals surface area contributed by atoms with Gasteiger partial charge in [0.2, 0.25) is 5.95 Å². The number of nitrogens with one attached hydrogen (secondary N) is 3. The van der Waals surface area contributed by atoms with Gasteiger partial charge in [-0.1, -0.05) is 23.2 Å². The maximum atomic E-state index is 11.9. The topological polar surface area (TPSA) is 126 Å². The summed E-state index contributed by atoms with van der Waals surface area (Å²) in [5.74, 6) is -0.244. The van der Waals surface area contributed by atoms with Gasteiger partial charge in [-0.15, -0.1) is 0 Å². The molecule has 0 atom stereocenters. The number of anilines is 2. The molecule has 0 radical (unpaired) electrons. The van der Waals surface area contributed by atoms with Crippen LogP contribution in [0.5, 0.6) is 0 Å². The predicted octanol–water partition coefficient (Wildman–Crippen LogP) is 2.27. The highest BCUT2D eigenvalue weighted by molar-refractivity contribution is 7.91. The molecule has 0 bridgehead atoms. The van der Waals surface area contributed by atoms with Crippen molar-refractivity contribution in [1.29, 1.82) is 0 Å². The molecular formula is C12H12Cl2N6O3S. The Morgan fingerprint density at radius 3 is 2.33 bits per heavy atom. The molecule has 0 saturated heterocycles. The maximum absolute atomic E-state index is 11.9. The van der Waals surface area contributed by atoms with Gasteiger partial charge in [0.15, 0.2) is 5.82 Å². The standard InChI is InChI=1S/C12H12Cl2N6O3S/c1-6-5-7(2)16-11(15-6)18-12(21)20-24(22,23)19-10-8(13)3-4-9(14)17-10/h3-5H,1-2H3,(H,17,19)(H2,15,16,18,20,21). The number of aromatic nitrogens is 3. The van der Waals surface area contributed by atoms with E-state index in [0.29, 0.717) is 11.4 Å². The van der Waals surface area contributed by atoms with Gasteiger partial charge in [-0.3, -0.25) is 5.32 Å². The van der Waals surface area contributed by atoms with Crippen molar-refractivity contribution in [1.82, 2.24) is 19.7 Å². The van der Waals surface area contributed by atoms with Crippen LogP contribution in [0.1, 0.15) is 11.4 Å². The molecule has 9 nitrogen and oxygen atoms in total. The third-order valence-corrected chi connectivity index (χ3v) is 3.91. The SMILES string of the molecule is Cc1cc(C)nc(NC(=O)NS(=O)(=O)Nc2nc(Cl)ccc2Cl)n1. The van der Waals surface area contributed by atoms with Crippen LogP contribution in [0.4, 0.5) is 16.6 Å². The normalized spacial score (nSPS) is 11.0. The fourth-order valence-electron chi connectivity index (χ4n) is 1.67. The highest BCUT2D eigenvalue weighted by Gasteiger charge is 2.18. The molecule has 3 N–H and O–H groups in total. The van der Waals surface area contributed by atoms with Crippen molar-refractivity contribution in [3.05, 3.63) is 39.8 Å². The summed E-state index contributed by atoms with van der Waals surface area (Å²) in [7, 11) is -4.29. The summed E-state index contributed by atoms with van der Waals surface area (Å²) in [5.41, 5.74) is 1.24. The summed E-state index contributed by atoms with van der Waals surface area (Å²) < 4.78 is 27.6. The van der Waals surface area contributed by atoms with Crippen molar-refractivity contribution < 1.29 is 13.2 Å². The fourth-order valence-corrected chi connectivity index (χ4v) is 2.79. The number of amides is 2. The second-order valence-electron chi connectivity index (χ2n) is 4.60. The monoisotopic (exact) mass is 390 g/mol. The lowest BCUT2D eigenvalue weighted by atomic mass is 10.4. The highest BCUT2D eigenvalue weighted by atomic mass is 35.5. The third-order valence-electron chi connectivity index (χ3n) is 2.48. The van der Waals surface area contributed by atoms with Gasteiger partial charge in [-0.2, -0.15) is 8.42 Å². The summed E-state index contributed by atoms with van der Waals surface area (Å²) in [6.07, 6.45) is 0. The molecule has 2 amide bonds. The number of pyridine rings is 1. The van der Waals surface area contributed by atoms with E-state index in [1.54, 1.807) is 24.6 Å². The van der Waals surface area contributed by atoms with Crippen LogP contribution in [0.25, 0.3) is 0 Å². The molecule has 2 heterocycles. The van der Waals surface area contributed by atoms with Crippen molar-refractivity contribution in [3.8, 4) is 0 Å². The van der Waals surface area contributed by atoms with E-state index < -0.39 is 16.2 Å². The first kappa shape index (κ1) is 18.2. The summed E-state index contributed by atoms with van der Waals surface area (Å²) >= 11 is 11.5. The zero-order chi connectivity index (χ0) is 17.9. The lowest BCUT2D eigenvalue weighted by Gasteiger charge is -2.10. The van der Waals surface area contributed by atoms with E-state index in [9.17, 15) is 13.2 Å². The van der Waals surface area contributed by atoms with Crippen LogP contribution in [0.3, 0.4) is 0 Å². The van der Waals surface area contributed by atoms with Gasteiger partial charge >= 0.3 is 16.2 Å². The minimum atomic E-state index is -4.29. The van der Waals surface area contributed by atoms with E-state index >= 15 is 0 Å². The molecule has 2 aromatic heterocycles. The first-order chi connectivity index (χ1) is 11.1. The average molecular weight is 391 g/mol. The van der Waals surface area contributed by atoms with Crippen LogP contribution in [0, 0.1) is 13.8 Å². The largest absolute Gasteiger partial charge is 0.336 e. The molecule has 0 aliphatic carbocycles. The molecule has 0 aromatic carbocycles. The van der Waals surface area contributed by atoms with Crippen molar-refractivity contribution in [2.24, 2.45) is 0 Å². The average Bonchev–Trinajstić information content (AvgIpc) is 2.40. The van der Waals surface area contributed by atoms with Crippen LogP contribution in [0.2, 0.25) is 10.2 Å². The Kier molecular flexibility index (Phi) is 5.42. The summed E-state index contributed by atoms with van der Waals surface area (Å²) in [5, 5.41) is 2.27. The van der Waals surface area contributed by atoms with Gasteiger partial charge in [-0.25, -0.2) is 29.2 Å². The number of halogens is 2. The number of aryl methyl sites for hydroxylation is 2. The van der Waals surface area contributed by atoms with Crippen molar-refractivity contribution >= 4 is 51.2 Å². The molecule has 0 fully saturated rings. The van der Waals surface area contributed by atoms with Crippen molar-refractivity contribution in [2.45, 2.75) is 13.8 Å². The predicted molar refractivity (Wildman–Crippen MR) is 90.5 cm³/mol. The van der Waals surface area contributed by atoms with E-state index in [-0.39, 0.29) is 21.9 Å². The summed E-state index contributed by atoms with van der Waals surface area (Å²) in [4.78, 5) is 23.4. The zero-order valence-corrected chi connectivity index (χ0v) is 14.8. The van der Waals surface area contributed by atoms with Crippen LogP contribution in [0.15, 0.2) is 18.2 Å². The van der Waals surface area contributed by atoms with E-state index in [2.05, 4.69) is 20.3 Å². The van der Waals surface area contributed by atoms with Crippen molar-refractivity contribution in [3.63, 3.8) is 0 Å². The molecule has 0 spiro atoms. The van der Waals surface area contributed by atoms with Gasteiger partial charge in [0.05, 0.1) is 5.02 Å². The Morgan fingerprint density at radius 2 is 1.71 bits per heavy atom. The molecule has 2 aromatic rings. The summed E-state index contributed by atoms with van der Waals surface area (Å²) in [6, 6.07) is 3.40. The van der Waals surface area contributed by atoms with Crippen LogP contribution in [-0.4, -0.2) is 29.4 Å².